The maximum Gasteiger partial charge on any atom is 0.224 e. The highest BCUT2D eigenvalue weighted by Crippen LogP contribution is 2.36. The summed E-state index contributed by atoms with van der Waals surface area (Å²) in [4.78, 5) is 15.4. The van der Waals surface area contributed by atoms with Gasteiger partial charge in [0, 0.05) is 16.1 Å². The van der Waals surface area contributed by atoms with Gasteiger partial charge in [0.1, 0.15) is 0 Å². The molecule has 1 aromatic heterocycles. The van der Waals surface area contributed by atoms with E-state index in [1.165, 1.54) is 7.11 Å². The summed E-state index contributed by atoms with van der Waals surface area (Å²) in [6, 6.07) is 17.5. The average Bonchev–Trinajstić information content (AvgIpc) is 2.62. The molecule has 0 bridgehead atoms. The molecular formula is C19H12Cl2NO2. The van der Waals surface area contributed by atoms with Crippen LogP contribution in [0.2, 0.25) is 10.0 Å². The SMILES string of the molecule is COc1nc(-c2cccc(-c3[c]cc(Cl)cc3)c2Cl)ccc1C=O. The van der Waals surface area contributed by atoms with Gasteiger partial charge in [-0.25, -0.2) is 4.98 Å². The Bertz CT molecular complexity index is 892. The Morgan fingerprint density at radius 3 is 2.54 bits per heavy atom. The second-order valence-electron chi connectivity index (χ2n) is 5.00. The smallest absolute Gasteiger partial charge is 0.224 e. The number of nitrogens with zero attached hydrogens (tertiary/aromatic N) is 1. The maximum absolute atomic E-state index is 11.0. The topological polar surface area (TPSA) is 39.2 Å². The first-order valence-electron chi connectivity index (χ1n) is 7.10. The van der Waals surface area contributed by atoms with Gasteiger partial charge in [-0.15, -0.1) is 0 Å². The van der Waals surface area contributed by atoms with E-state index in [1.807, 2.05) is 24.3 Å². The molecule has 0 fully saturated rings. The van der Waals surface area contributed by atoms with Crippen molar-refractivity contribution in [1.29, 1.82) is 0 Å². The normalized spacial score (nSPS) is 10.5. The summed E-state index contributed by atoms with van der Waals surface area (Å²) in [6.45, 7) is 0. The molecule has 0 aliphatic rings. The minimum atomic E-state index is 0.266. The van der Waals surface area contributed by atoms with Gasteiger partial charge in [-0.2, -0.15) is 0 Å². The zero-order valence-electron chi connectivity index (χ0n) is 12.7. The van der Waals surface area contributed by atoms with E-state index >= 15 is 0 Å². The van der Waals surface area contributed by atoms with Gasteiger partial charge >= 0.3 is 0 Å². The van der Waals surface area contributed by atoms with Crippen molar-refractivity contribution in [3.8, 4) is 28.3 Å². The van der Waals surface area contributed by atoms with Gasteiger partial charge in [-0.3, -0.25) is 4.79 Å². The molecule has 3 nitrogen and oxygen atoms in total. The molecule has 0 aliphatic heterocycles. The van der Waals surface area contributed by atoms with Crippen molar-refractivity contribution in [3.05, 3.63) is 70.2 Å². The maximum atomic E-state index is 11.0. The van der Waals surface area contributed by atoms with Crippen LogP contribution < -0.4 is 4.74 Å². The Hall–Kier alpha value is -2.36. The molecule has 24 heavy (non-hydrogen) atoms. The van der Waals surface area contributed by atoms with Crippen molar-refractivity contribution in [2.75, 3.05) is 7.11 Å². The standard InChI is InChI=1S/C19H12Cl2NO2/c1-24-19-13(11-23)7-10-17(22-19)16-4-2-3-15(18(16)21)12-5-8-14(20)9-6-12/h2-5,7-11H,1H3. The minimum Gasteiger partial charge on any atom is -0.480 e. The van der Waals surface area contributed by atoms with E-state index in [-0.39, 0.29) is 5.88 Å². The highest BCUT2D eigenvalue weighted by atomic mass is 35.5. The van der Waals surface area contributed by atoms with Gasteiger partial charge < -0.3 is 4.74 Å². The van der Waals surface area contributed by atoms with Gasteiger partial charge in [-0.05, 0) is 35.9 Å². The number of methoxy groups -OCH3 is 1. The number of hydrogen-bond donors (Lipinski definition) is 0. The third kappa shape index (κ3) is 3.14. The molecule has 5 heteroatoms. The van der Waals surface area contributed by atoms with Gasteiger partial charge in [0.25, 0.3) is 0 Å². The highest BCUT2D eigenvalue weighted by Gasteiger charge is 2.13. The van der Waals surface area contributed by atoms with E-state index in [4.69, 9.17) is 27.9 Å². The first-order valence-corrected chi connectivity index (χ1v) is 7.86. The predicted octanol–water partition coefficient (Wildman–Crippen LogP) is 5.34. The van der Waals surface area contributed by atoms with Crippen LogP contribution in [0.25, 0.3) is 22.4 Å². The van der Waals surface area contributed by atoms with E-state index < -0.39 is 0 Å². The lowest BCUT2D eigenvalue weighted by Crippen LogP contribution is -1.96. The van der Waals surface area contributed by atoms with E-state index in [2.05, 4.69) is 11.1 Å². The van der Waals surface area contributed by atoms with E-state index in [1.54, 1.807) is 24.3 Å². The van der Waals surface area contributed by atoms with Crippen LogP contribution in [0.3, 0.4) is 0 Å². The number of rotatable bonds is 4. The molecule has 1 heterocycles. The lowest BCUT2D eigenvalue weighted by atomic mass is 10.0. The monoisotopic (exact) mass is 356 g/mol. The molecule has 0 spiro atoms. The molecule has 0 saturated heterocycles. The van der Waals surface area contributed by atoms with Crippen molar-refractivity contribution in [2.45, 2.75) is 0 Å². The number of ether oxygens (including phenoxy) is 1. The Morgan fingerprint density at radius 1 is 1.08 bits per heavy atom. The fraction of sp³-hybridized carbons (Fsp3) is 0.0526. The molecule has 119 valence electrons. The van der Waals surface area contributed by atoms with Crippen LogP contribution in [0.15, 0.2) is 48.5 Å². The lowest BCUT2D eigenvalue weighted by Gasteiger charge is -2.11. The molecule has 1 radical (unpaired) electrons. The quantitative estimate of drug-likeness (QED) is 0.592. The third-order valence-corrected chi connectivity index (χ3v) is 4.19. The molecular weight excluding hydrogens is 345 g/mol. The fourth-order valence-corrected chi connectivity index (χ4v) is 2.81. The van der Waals surface area contributed by atoms with Gasteiger partial charge in [0.2, 0.25) is 5.88 Å². The summed E-state index contributed by atoms with van der Waals surface area (Å²) in [5.74, 6) is 0.266. The summed E-state index contributed by atoms with van der Waals surface area (Å²) in [5, 5.41) is 1.16. The predicted molar refractivity (Wildman–Crippen MR) is 95.9 cm³/mol. The number of aromatic nitrogens is 1. The summed E-state index contributed by atoms with van der Waals surface area (Å²) >= 11 is 12.5. The van der Waals surface area contributed by atoms with Crippen LogP contribution >= 0.6 is 23.2 Å². The van der Waals surface area contributed by atoms with Crippen molar-refractivity contribution in [2.24, 2.45) is 0 Å². The van der Waals surface area contributed by atoms with Gasteiger partial charge in [-0.1, -0.05) is 47.5 Å². The van der Waals surface area contributed by atoms with E-state index in [9.17, 15) is 4.79 Å². The lowest BCUT2D eigenvalue weighted by molar-refractivity contribution is 0.112. The van der Waals surface area contributed by atoms with Crippen LogP contribution in [0.1, 0.15) is 10.4 Å². The molecule has 0 amide bonds. The zero-order chi connectivity index (χ0) is 17.1. The van der Waals surface area contributed by atoms with Crippen molar-refractivity contribution in [3.63, 3.8) is 0 Å². The zero-order valence-corrected chi connectivity index (χ0v) is 14.2. The Labute approximate surface area is 149 Å². The van der Waals surface area contributed by atoms with Crippen LogP contribution in [-0.2, 0) is 0 Å². The number of carbonyl (C=O) groups is 1. The molecule has 0 unspecified atom stereocenters. The number of aldehydes is 1. The largest absolute Gasteiger partial charge is 0.480 e. The second kappa shape index (κ2) is 7.04. The fourth-order valence-electron chi connectivity index (χ4n) is 2.37. The molecule has 3 rings (SSSR count). The van der Waals surface area contributed by atoms with Crippen LogP contribution in [0, 0.1) is 6.07 Å². The average molecular weight is 357 g/mol. The number of pyridine rings is 1. The number of hydrogen-bond acceptors (Lipinski definition) is 3. The third-order valence-electron chi connectivity index (χ3n) is 3.55. The molecule has 0 aliphatic carbocycles. The van der Waals surface area contributed by atoms with Crippen LogP contribution in [-0.4, -0.2) is 18.4 Å². The molecule has 0 N–H and O–H groups in total. The minimum absolute atomic E-state index is 0.266. The first-order chi connectivity index (χ1) is 11.6. The van der Waals surface area contributed by atoms with Gasteiger partial charge in [0.05, 0.1) is 23.4 Å². The van der Waals surface area contributed by atoms with Crippen molar-refractivity contribution < 1.29 is 9.53 Å². The summed E-state index contributed by atoms with van der Waals surface area (Å²) in [5.41, 5.74) is 3.42. The number of benzene rings is 2. The highest BCUT2D eigenvalue weighted by molar-refractivity contribution is 6.36. The number of carbonyl (C=O) groups excluding carboxylic acids is 1. The second-order valence-corrected chi connectivity index (χ2v) is 5.81. The molecule has 2 aromatic carbocycles. The summed E-state index contributed by atoms with van der Waals surface area (Å²) in [7, 11) is 1.47. The van der Waals surface area contributed by atoms with E-state index in [0.717, 1.165) is 16.7 Å². The number of halogens is 2. The molecule has 0 saturated carbocycles. The summed E-state index contributed by atoms with van der Waals surface area (Å²) < 4.78 is 5.16. The molecule has 3 aromatic rings. The first kappa shape index (κ1) is 16.5. The Kier molecular flexibility index (Phi) is 4.84. The Morgan fingerprint density at radius 2 is 1.88 bits per heavy atom. The summed E-state index contributed by atoms with van der Waals surface area (Å²) in [6.07, 6.45) is 0.705. The Balaban J connectivity index is 2.11. The van der Waals surface area contributed by atoms with Crippen LogP contribution in [0.5, 0.6) is 5.88 Å². The van der Waals surface area contributed by atoms with Crippen molar-refractivity contribution >= 4 is 29.5 Å². The van der Waals surface area contributed by atoms with Crippen LogP contribution in [0.4, 0.5) is 0 Å². The van der Waals surface area contributed by atoms with Gasteiger partial charge in [0.15, 0.2) is 6.29 Å². The van der Waals surface area contributed by atoms with E-state index in [0.29, 0.717) is 27.6 Å². The van der Waals surface area contributed by atoms with Crippen molar-refractivity contribution in [1.82, 2.24) is 4.98 Å². The molecule has 0 atom stereocenters.